The highest BCUT2D eigenvalue weighted by atomic mass is 16.5. The summed E-state index contributed by atoms with van der Waals surface area (Å²) in [6.45, 7) is 6.76. The summed E-state index contributed by atoms with van der Waals surface area (Å²) in [7, 11) is 1.56. The van der Waals surface area contributed by atoms with E-state index in [-0.39, 0.29) is 29.7 Å². The van der Waals surface area contributed by atoms with Crippen LogP contribution in [-0.2, 0) is 33.9 Å². The van der Waals surface area contributed by atoms with Crippen LogP contribution in [-0.4, -0.2) is 50.6 Å². The SMILES string of the molecule is COc1ccc(CNCc2cccc(C)c2)cc1-c1ccc(O)c2c1C[C@H]1C[C@H]3[C@H](C(C)C)C(=O)C(C(N)=O)=C(O)[C@@]3(O)C(=O)C1=C2O. The number of phenols is 1. The Morgan fingerprint density at radius 1 is 1.02 bits per heavy atom. The van der Waals surface area contributed by atoms with Gasteiger partial charge >= 0.3 is 0 Å². The first-order chi connectivity index (χ1) is 22.8. The number of hydrogen-bond acceptors (Lipinski definition) is 9. The number of ketones is 2. The Labute approximate surface area is 278 Å². The van der Waals surface area contributed by atoms with Crippen LogP contribution in [0, 0.1) is 30.6 Å². The van der Waals surface area contributed by atoms with E-state index in [1.807, 2.05) is 24.3 Å². The molecule has 10 heteroatoms. The lowest BCUT2D eigenvalue weighted by Crippen LogP contribution is -2.62. The molecule has 10 nitrogen and oxygen atoms in total. The van der Waals surface area contributed by atoms with Crippen molar-refractivity contribution in [3.8, 4) is 22.6 Å². The fourth-order valence-corrected chi connectivity index (χ4v) is 7.99. The first-order valence-electron chi connectivity index (χ1n) is 16.1. The van der Waals surface area contributed by atoms with Crippen molar-refractivity contribution < 1.29 is 39.5 Å². The molecule has 0 saturated heterocycles. The standard InChI is InChI=1S/C38H40N2O8/c1-18(2)29-26-15-22-14-25-23(24-13-21(8-11-28(24)48-4)17-40-16-20-7-5-6-19(3)12-20)9-10-27(41)31(25)34(43)30(22)35(44)38(26,47)36(45)32(33(29)42)37(39)46/h5-13,18,22,26,29,40-41,43,45,47H,14-17H2,1-4H3,(H2,39,46)/t22-,26-,29-,38-/m0/s1. The molecule has 0 aliphatic heterocycles. The van der Waals surface area contributed by atoms with Gasteiger partial charge in [0.15, 0.2) is 11.4 Å². The third-order valence-electron chi connectivity index (χ3n) is 10.1. The lowest BCUT2D eigenvalue weighted by molar-refractivity contribution is -0.155. The van der Waals surface area contributed by atoms with Gasteiger partial charge in [0.05, 0.1) is 12.7 Å². The summed E-state index contributed by atoms with van der Waals surface area (Å²) in [5, 5.41) is 49.2. The van der Waals surface area contributed by atoms with E-state index in [0.717, 1.165) is 16.7 Å². The molecule has 3 aliphatic rings. The van der Waals surface area contributed by atoms with Crippen molar-refractivity contribution in [2.45, 2.75) is 52.3 Å². The van der Waals surface area contributed by atoms with Crippen LogP contribution in [0.1, 0.15) is 48.1 Å². The summed E-state index contributed by atoms with van der Waals surface area (Å²) in [6, 6.07) is 17.2. The van der Waals surface area contributed by atoms with Gasteiger partial charge in [0.2, 0.25) is 5.78 Å². The maximum atomic E-state index is 14.2. The number of rotatable bonds is 8. The van der Waals surface area contributed by atoms with Gasteiger partial charge < -0.3 is 36.2 Å². The van der Waals surface area contributed by atoms with Crippen LogP contribution >= 0.6 is 0 Å². The molecule has 1 amide bonds. The second-order valence-corrected chi connectivity index (χ2v) is 13.4. The third-order valence-corrected chi connectivity index (χ3v) is 10.1. The lowest BCUT2D eigenvalue weighted by Gasteiger charge is -2.50. The Bertz CT molecular complexity index is 1930. The number of aliphatic hydroxyl groups excluding tert-OH is 2. The largest absolute Gasteiger partial charge is 0.508 e. The van der Waals surface area contributed by atoms with Gasteiger partial charge in [-0.05, 0) is 72.1 Å². The Morgan fingerprint density at radius 2 is 1.73 bits per heavy atom. The Morgan fingerprint density at radius 3 is 2.38 bits per heavy atom. The fraction of sp³-hybridized carbons (Fsp3) is 0.342. The molecule has 4 atom stereocenters. The normalized spacial score (nSPS) is 23.6. The monoisotopic (exact) mass is 652 g/mol. The number of primary amides is 1. The summed E-state index contributed by atoms with van der Waals surface area (Å²) in [4.78, 5) is 39.9. The molecule has 7 N–H and O–H groups in total. The average molecular weight is 653 g/mol. The lowest BCUT2D eigenvalue weighted by atomic mass is 9.54. The number of aryl methyl sites for hydroxylation is 1. The number of carbonyl (C=O) groups is 3. The van der Waals surface area contributed by atoms with Crippen LogP contribution in [0.2, 0.25) is 0 Å². The van der Waals surface area contributed by atoms with Gasteiger partial charge in [-0.3, -0.25) is 14.4 Å². The van der Waals surface area contributed by atoms with Crippen molar-refractivity contribution in [1.29, 1.82) is 0 Å². The summed E-state index contributed by atoms with van der Waals surface area (Å²) in [5.74, 6) is -7.47. The summed E-state index contributed by atoms with van der Waals surface area (Å²) >= 11 is 0. The highest BCUT2D eigenvalue weighted by Gasteiger charge is 2.64. The maximum absolute atomic E-state index is 14.2. The second kappa shape index (κ2) is 12.3. The van der Waals surface area contributed by atoms with Crippen LogP contribution in [0.25, 0.3) is 16.9 Å². The van der Waals surface area contributed by atoms with Gasteiger partial charge in [0.25, 0.3) is 5.91 Å². The number of hydrogen-bond donors (Lipinski definition) is 6. The van der Waals surface area contributed by atoms with Gasteiger partial charge in [-0.2, -0.15) is 0 Å². The third kappa shape index (κ3) is 5.16. The van der Waals surface area contributed by atoms with Gasteiger partial charge in [0.1, 0.15) is 28.6 Å². The van der Waals surface area contributed by atoms with E-state index in [9.17, 15) is 34.8 Å². The quantitative estimate of drug-likeness (QED) is 0.190. The van der Waals surface area contributed by atoms with E-state index in [2.05, 4.69) is 30.4 Å². The van der Waals surface area contributed by atoms with Crippen LogP contribution < -0.4 is 15.8 Å². The Kier molecular flexibility index (Phi) is 8.43. The summed E-state index contributed by atoms with van der Waals surface area (Å²) in [5.41, 5.74) is 7.12. The van der Waals surface area contributed by atoms with E-state index in [4.69, 9.17) is 10.5 Å². The molecule has 0 spiro atoms. The number of nitrogens with two attached hydrogens (primary N) is 1. The zero-order chi connectivity index (χ0) is 34.7. The Balaban J connectivity index is 1.43. The van der Waals surface area contributed by atoms with Gasteiger partial charge in [-0.25, -0.2) is 0 Å². The van der Waals surface area contributed by atoms with Crippen molar-refractivity contribution in [3.63, 3.8) is 0 Å². The number of ether oxygens (including phenoxy) is 1. The van der Waals surface area contributed by atoms with Crippen LogP contribution in [0.5, 0.6) is 11.5 Å². The second-order valence-electron chi connectivity index (χ2n) is 13.4. The molecule has 0 aromatic heterocycles. The molecule has 0 unspecified atom stereocenters. The number of nitrogens with one attached hydrogen (secondary N) is 1. The average Bonchev–Trinajstić information content (AvgIpc) is 3.02. The number of benzene rings is 3. The molecule has 0 radical (unpaired) electrons. The first-order valence-corrected chi connectivity index (χ1v) is 16.1. The summed E-state index contributed by atoms with van der Waals surface area (Å²) in [6.07, 6.45) is 0.225. The number of phenolic OH excluding ortho intramolecular Hbond substituents is 1. The molecule has 48 heavy (non-hydrogen) atoms. The van der Waals surface area contributed by atoms with E-state index in [1.54, 1.807) is 27.0 Å². The number of aliphatic hydroxyl groups is 3. The molecule has 3 aromatic carbocycles. The number of fused-ring (bicyclic) bond motifs is 3. The van der Waals surface area contributed by atoms with Crippen molar-refractivity contribution in [1.82, 2.24) is 5.32 Å². The van der Waals surface area contributed by atoms with Crippen LogP contribution in [0.15, 0.2) is 71.5 Å². The van der Waals surface area contributed by atoms with E-state index >= 15 is 0 Å². The zero-order valence-corrected chi connectivity index (χ0v) is 27.3. The van der Waals surface area contributed by atoms with Crippen molar-refractivity contribution in [2.75, 3.05) is 7.11 Å². The molecule has 1 fully saturated rings. The van der Waals surface area contributed by atoms with Crippen molar-refractivity contribution in [3.05, 3.63) is 99.3 Å². The van der Waals surface area contributed by atoms with Gasteiger partial charge in [0, 0.05) is 36.1 Å². The van der Waals surface area contributed by atoms with Gasteiger partial charge in [-0.15, -0.1) is 0 Å². The number of aromatic hydroxyl groups is 1. The first kappa shape index (κ1) is 33.0. The molecule has 0 heterocycles. The topological polar surface area (TPSA) is 179 Å². The molecule has 0 bridgehead atoms. The molecule has 3 aliphatic carbocycles. The minimum Gasteiger partial charge on any atom is -0.508 e. The molecule has 250 valence electrons. The van der Waals surface area contributed by atoms with E-state index < -0.39 is 63.8 Å². The predicted molar refractivity (Wildman–Crippen MR) is 179 cm³/mol. The maximum Gasteiger partial charge on any atom is 0.255 e. The highest BCUT2D eigenvalue weighted by molar-refractivity contribution is 6.23. The number of carbonyl (C=O) groups excluding carboxylic acids is 3. The predicted octanol–water partition coefficient (Wildman–Crippen LogP) is 4.58. The van der Waals surface area contributed by atoms with E-state index in [0.29, 0.717) is 30.0 Å². The molecule has 6 rings (SSSR count). The molecule has 3 aromatic rings. The molecule has 1 saturated carbocycles. The number of amides is 1. The number of Topliss-reactive ketones (excluding diaryl/α,β-unsaturated/α-hetero) is 2. The molecular formula is C38H40N2O8. The van der Waals surface area contributed by atoms with Crippen molar-refractivity contribution >= 4 is 23.2 Å². The molecular weight excluding hydrogens is 612 g/mol. The Hall–Kier alpha value is -4.93. The van der Waals surface area contributed by atoms with Crippen LogP contribution in [0.4, 0.5) is 0 Å². The van der Waals surface area contributed by atoms with E-state index in [1.165, 1.54) is 11.6 Å². The fourth-order valence-electron chi connectivity index (χ4n) is 7.99. The smallest absolute Gasteiger partial charge is 0.255 e. The minimum atomic E-state index is -2.65. The minimum absolute atomic E-state index is 0.0325. The van der Waals surface area contributed by atoms with Crippen LogP contribution in [0.3, 0.4) is 0 Å². The van der Waals surface area contributed by atoms with Crippen molar-refractivity contribution in [2.24, 2.45) is 29.4 Å². The van der Waals surface area contributed by atoms with Gasteiger partial charge in [-0.1, -0.05) is 55.8 Å². The zero-order valence-electron chi connectivity index (χ0n) is 27.3. The highest BCUT2D eigenvalue weighted by Crippen LogP contribution is 2.55. The summed E-state index contributed by atoms with van der Waals surface area (Å²) < 4.78 is 5.74. The number of methoxy groups -OCH3 is 1.